The Morgan fingerprint density at radius 2 is 1.76 bits per heavy atom. The van der Waals surface area contributed by atoms with Crippen LogP contribution in [0, 0.1) is 5.82 Å². The molecule has 9 heteroatoms. The van der Waals surface area contributed by atoms with E-state index in [9.17, 15) is 19.1 Å². The van der Waals surface area contributed by atoms with E-state index < -0.39 is 5.97 Å². The molecular weight excluding hydrogens is 443 g/mol. The van der Waals surface area contributed by atoms with Crippen LogP contribution < -0.4 is 5.56 Å². The van der Waals surface area contributed by atoms with E-state index in [1.54, 1.807) is 42.7 Å². The molecule has 0 fully saturated rings. The summed E-state index contributed by atoms with van der Waals surface area (Å²) in [5.41, 5.74) is 3.29. The van der Waals surface area contributed by atoms with E-state index in [1.807, 2.05) is 0 Å². The van der Waals surface area contributed by atoms with Crippen molar-refractivity contribution in [2.75, 3.05) is 0 Å². The minimum absolute atomic E-state index is 0.168. The van der Waals surface area contributed by atoms with Crippen molar-refractivity contribution in [3.63, 3.8) is 0 Å². The maximum absolute atomic E-state index is 13.2. The van der Waals surface area contributed by atoms with Crippen molar-refractivity contribution in [3.05, 3.63) is 117 Å². The first-order valence-corrected chi connectivity index (χ1v) is 11.0. The minimum Gasteiger partial charge on any atom is -0.478 e. The molecule has 0 bridgehead atoms. The van der Waals surface area contributed by atoms with Crippen LogP contribution in [-0.4, -0.2) is 31.0 Å². The van der Waals surface area contributed by atoms with Gasteiger partial charge in [0.05, 0.1) is 11.3 Å². The first-order chi connectivity index (χ1) is 16.0. The fourth-order valence-corrected chi connectivity index (χ4v) is 4.12. The summed E-state index contributed by atoms with van der Waals surface area (Å²) in [5, 5.41) is 9.73. The lowest BCUT2D eigenvalue weighted by molar-refractivity contribution is 0.0696. The van der Waals surface area contributed by atoms with Crippen LogP contribution in [0.15, 0.2) is 77.2 Å². The molecule has 0 spiro atoms. The largest absolute Gasteiger partial charge is 0.478 e. The van der Waals surface area contributed by atoms with E-state index in [0.717, 1.165) is 16.7 Å². The molecule has 0 aliphatic heterocycles. The summed E-state index contributed by atoms with van der Waals surface area (Å²) in [6, 6.07) is 12.7. The average molecular weight is 463 g/mol. The molecule has 0 saturated carbocycles. The highest BCUT2D eigenvalue weighted by atomic mass is 32.2. The SMILES string of the molecule is O=C(O)c1cccc(Cc2nc(SCc3ccc(F)cc3)[nH]c(=O)c2Cc2cncnc2)c1. The third-order valence-electron chi connectivity index (χ3n) is 4.91. The normalized spacial score (nSPS) is 10.8. The van der Waals surface area contributed by atoms with Crippen molar-refractivity contribution in [2.24, 2.45) is 0 Å². The van der Waals surface area contributed by atoms with Crippen LogP contribution in [-0.2, 0) is 18.6 Å². The molecule has 33 heavy (non-hydrogen) atoms. The minimum atomic E-state index is -1.02. The number of rotatable bonds is 8. The molecule has 2 N–H and O–H groups in total. The van der Waals surface area contributed by atoms with Crippen LogP contribution >= 0.6 is 11.8 Å². The Morgan fingerprint density at radius 1 is 1.00 bits per heavy atom. The Bertz CT molecular complexity index is 1330. The predicted molar refractivity (Wildman–Crippen MR) is 122 cm³/mol. The first-order valence-electron chi connectivity index (χ1n) is 10.0. The number of hydrogen-bond acceptors (Lipinski definition) is 6. The van der Waals surface area contributed by atoms with Crippen LogP contribution in [0.3, 0.4) is 0 Å². The maximum atomic E-state index is 13.2. The molecule has 166 valence electrons. The van der Waals surface area contributed by atoms with Gasteiger partial charge >= 0.3 is 5.97 Å². The van der Waals surface area contributed by atoms with Crippen LogP contribution in [0.25, 0.3) is 0 Å². The lowest BCUT2D eigenvalue weighted by atomic mass is 10.0. The second-order valence-corrected chi connectivity index (χ2v) is 8.28. The van der Waals surface area contributed by atoms with Crippen molar-refractivity contribution in [1.82, 2.24) is 19.9 Å². The van der Waals surface area contributed by atoms with Crippen molar-refractivity contribution in [3.8, 4) is 0 Å². The quantitative estimate of drug-likeness (QED) is 0.302. The molecule has 0 aliphatic carbocycles. The number of carboxylic acids is 1. The van der Waals surface area contributed by atoms with Gasteiger partial charge in [0.2, 0.25) is 0 Å². The van der Waals surface area contributed by atoms with E-state index in [4.69, 9.17) is 0 Å². The predicted octanol–water partition coefficient (Wildman–Crippen LogP) is 3.87. The van der Waals surface area contributed by atoms with E-state index in [1.165, 1.54) is 36.3 Å². The van der Waals surface area contributed by atoms with Gasteiger partial charge in [-0.15, -0.1) is 0 Å². The number of aromatic nitrogens is 4. The average Bonchev–Trinajstić information content (AvgIpc) is 2.82. The number of H-pyrrole nitrogens is 1. The lowest BCUT2D eigenvalue weighted by Gasteiger charge is -2.11. The van der Waals surface area contributed by atoms with Crippen molar-refractivity contribution >= 4 is 17.7 Å². The molecule has 0 saturated heterocycles. The number of nitrogens with one attached hydrogen (secondary N) is 1. The zero-order chi connectivity index (χ0) is 23.2. The standard InChI is InChI=1S/C24H19FN4O3S/c25-19-6-4-15(5-7-19)13-33-24-28-21(10-16-2-1-3-18(8-16)23(31)32)20(22(30)29-24)9-17-11-26-14-27-12-17/h1-8,11-12,14H,9-10,13H2,(H,31,32)(H,28,29,30). The highest BCUT2D eigenvalue weighted by Gasteiger charge is 2.15. The summed E-state index contributed by atoms with van der Waals surface area (Å²) >= 11 is 1.33. The number of hydrogen-bond donors (Lipinski definition) is 2. The zero-order valence-corrected chi connectivity index (χ0v) is 18.2. The van der Waals surface area contributed by atoms with Gasteiger partial charge in [0, 0.05) is 36.6 Å². The Morgan fingerprint density at radius 3 is 2.48 bits per heavy atom. The molecule has 0 radical (unpaired) electrons. The number of aromatic amines is 1. The third-order valence-corrected chi connectivity index (χ3v) is 5.85. The van der Waals surface area contributed by atoms with Gasteiger partial charge in [0.25, 0.3) is 5.56 Å². The fourth-order valence-electron chi connectivity index (χ4n) is 3.28. The first kappa shape index (κ1) is 22.3. The molecule has 0 unspecified atom stereocenters. The Hall–Kier alpha value is -3.85. The Kier molecular flexibility index (Phi) is 6.89. The summed E-state index contributed by atoms with van der Waals surface area (Å²) < 4.78 is 13.2. The summed E-state index contributed by atoms with van der Waals surface area (Å²) in [6.45, 7) is 0. The fraction of sp³-hybridized carbons (Fsp3) is 0.125. The summed E-state index contributed by atoms with van der Waals surface area (Å²) in [7, 11) is 0. The smallest absolute Gasteiger partial charge is 0.335 e. The Balaban J connectivity index is 1.66. The van der Waals surface area contributed by atoms with Crippen LogP contribution in [0.5, 0.6) is 0 Å². The van der Waals surface area contributed by atoms with Gasteiger partial charge in [0.15, 0.2) is 5.16 Å². The monoisotopic (exact) mass is 462 g/mol. The molecular formula is C24H19FN4O3S. The number of halogens is 1. The highest BCUT2D eigenvalue weighted by Crippen LogP contribution is 2.21. The van der Waals surface area contributed by atoms with E-state index in [-0.39, 0.29) is 23.4 Å². The number of carbonyl (C=O) groups is 1. The molecule has 2 aromatic carbocycles. The van der Waals surface area contributed by atoms with Crippen LogP contribution in [0.2, 0.25) is 0 Å². The molecule has 0 amide bonds. The van der Waals surface area contributed by atoms with Crippen LogP contribution in [0.4, 0.5) is 4.39 Å². The molecule has 4 aromatic rings. The molecule has 7 nitrogen and oxygen atoms in total. The van der Waals surface area contributed by atoms with Gasteiger partial charge in [-0.2, -0.15) is 0 Å². The Labute approximate surface area is 192 Å². The summed E-state index contributed by atoms with van der Waals surface area (Å²) in [4.78, 5) is 39.8. The van der Waals surface area contributed by atoms with Gasteiger partial charge in [-0.25, -0.2) is 24.1 Å². The zero-order valence-electron chi connectivity index (χ0n) is 17.4. The van der Waals surface area contributed by atoms with Gasteiger partial charge in [-0.05, 0) is 41.0 Å². The number of aromatic carboxylic acids is 1. The van der Waals surface area contributed by atoms with Gasteiger partial charge < -0.3 is 10.1 Å². The number of thioether (sulfide) groups is 1. The van der Waals surface area contributed by atoms with E-state index >= 15 is 0 Å². The topological polar surface area (TPSA) is 109 Å². The number of nitrogens with zero attached hydrogens (tertiary/aromatic N) is 3. The lowest BCUT2D eigenvalue weighted by Crippen LogP contribution is -2.19. The van der Waals surface area contributed by atoms with Crippen LogP contribution in [0.1, 0.15) is 38.3 Å². The van der Waals surface area contributed by atoms with E-state index in [0.29, 0.717) is 28.6 Å². The molecule has 2 heterocycles. The van der Waals surface area contributed by atoms with Crippen molar-refractivity contribution in [2.45, 2.75) is 23.8 Å². The molecule has 2 aromatic heterocycles. The van der Waals surface area contributed by atoms with Crippen molar-refractivity contribution in [1.29, 1.82) is 0 Å². The van der Waals surface area contributed by atoms with Gasteiger partial charge in [-0.3, -0.25) is 4.79 Å². The van der Waals surface area contributed by atoms with Crippen molar-refractivity contribution < 1.29 is 14.3 Å². The van der Waals surface area contributed by atoms with E-state index in [2.05, 4.69) is 19.9 Å². The molecule has 0 aliphatic rings. The number of carboxylic acid groups (broad SMARTS) is 1. The summed E-state index contributed by atoms with van der Waals surface area (Å²) in [6.07, 6.45) is 5.27. The molecule has 4 rings (SSSR count). The third kappa shape index (κ3) is 5.89. The second-order valence-electron chi connectivity index (χ2n) is 7.32. The van der Waals surface area contributed by atoms with Gasteiger partial charge in [0.1, 0.15) is 12.1 Å². The second kappa shape index (κ2) is 10.2. The number of benzene rings is 2. The highest BCUT2D eigenvalue weighted by molar-refractivity contribution is 7.98. The molecule has 0 atom stereocenters. The van der Waals surface area contributed by atoms with Gasteiger partial charge in [-0.1, -0.05) is 36.0 Å². The summed E-state index contributed by atoms with van der Waals surface area (Å²) in [5.74, 6) is -0.827. The maximum Gasteiger partial charge on any atom is 0.335 e.